The maximum absolute atomic E-state index is 11.2. The molecule has 0 radical (unpaired) electrons. The second-order valence-corrected chi connectivity index (χ2v) is 5.93. The van der Waals surface area contributed by atoms with E-state index >= 15 is 0 Å². The van der Waals surface area contributed by atoms with E-state index in [0.29, 0.717) is 11.7 Å². The standard InChI is InChI=1S/C16H20N4O2S.ClH/c1-11(21)18-8-2-3-12-4-6-13(7-5-12)14-10-23-16(19-14)20-15(22)9-17;/h4-7,10H,2-3,8-9,17H2,1H3,(H,18,21)(H,19,20,22);1H. The Morgan fingerprint density at radius 2 is 1.96 bits per heavy atom. The van der Waals surface area contributed by atoms with E-state index in [9.17, 15) is 9.59 Å². The highest BCUT2D eigenvalue weighted by atomic mass is 35.5. The Kier molecular flexibility index (Phi) is 8.39. The van der Waals surface area contributed by atoms with Crippen molar-refractivity contribution in [1.29, 1.82) is 0 Å². The van der Waals surface area contributed by atoms with Gasteiger partial charge in [0.25, 0.3) is 0 Å². The zero-order valence-corrected chi connectivity index (χ0v) is 15.0. The molecule has 2 rings (SSSR count). The molecule has 0 aliphatic carbocycles. The monoisotopic (exact) mass is 368 g/mol. The van der Waals surface area contributed by atoms with Crippen molar-refractivity contribution in [2.75, 3.05) is 18.4 Å². The van der Waals surface area contributed by atoms with Crippen molar-refractivity contribution in [1.82, 2.24) is 10.3 Å². The van der Waals surface area contributed by atoms with Crippen LogP contribution in [0.25, 0.3) is 11.3 Å². The summed E-state index contributed by atoms with van der Waals surface area (Å²) in [5.74, 6) is -0.248. The largest absolute Gasteiger partial charge is 0.356 e. The van der Waals surface area contributed by atoms with Crippen LogP contribution in [0.15, 0.2) is 29.6 Å². The fourth-order valence-electron chi connectivity index (χ4n) is 2.03. The summed E-state index contributed by atoms with van der Waals surface area (Å²) in [6.07, 6.45) is 1.82. The van der Waals surface area contributed by atoms with E-state index in [1.54, 1.807) is 0 Å². The van der Waals surface area contributed by atoms with Crippen LogP contribution in [0, 0.1) is 0 Å². The molecule has 0 saturated carbocycles. The Hall–Kier alpha value is -1.96. The highest BCUT2D eigenvalue weighted by molar-refractivity contribution is 7.14. The number of hydrogen-bond acceptors (Lipinski definition) is 5. The SMILES string of the molecule is CC(=O)NCCCc1ccc(-c2csc(NC(=O)CN)n2)cc1.Cl. The summed E-state index contributed by atoms with van der Waals surface area (Å²) in [6.45, 7) is 2.16. The average molecular weight is 369 g/mol. The number of carbonyl (C=O) groups excluding carboxylic acids is 2. The van der Waals surface area contributed by atoms with Crippen molar-refractivity contribution < 1.29 is 9.59 Å². The Balaban J connectivity index is 0.00000288. The van der Waals surface area contributed by atoms with Crippen LogP contribution in [-0.2, 0) is 16.0 Å². The molecule has 0 aliphatic heterocycles. The zero-order valence-electron chi connectivity index (χ0n) is 13.4. The van der Waals surface area contributed by atoms with E-state index in [4.69, 9.17) is 5.73 Å². The Morgan fingerprint density at radius 1 is 1.25 bits per heavy atom. The number of anilines is 1. The Labute approximate surface area is 151 Å². The number of benzene rings is 1. The van der Waals surface area contributed by atoms with Gasteiger partial charge in [-0.25, -0.2) is 4.98 Å². The first kappa shape index (κ1) is 20.1. The number of hydrogen-bond donors (Lipinski definition) is 3. The first-order valence-corrected chi connectivity index (χ1v) is 8.25. The molecule has 6 nitrogen and oxygen atoms in total. The molecule has 0 bridgehead atoms. The zero-order chi connectivity index (χ0) is 16.7. The summed E-state index contributed by atoms with van der Waals surface area (Å²) in [5, 5.41) is 7.88. The van der Waals surface area contributed by atoms with E-state index < -0.39 is 0 Å². The summed E-state index contributed by atoms with van der Waals surface area (Å²) in [7, 11) is 0. The number of carbonyl (C=O) groups is 2. The van der Waals surface area contributed by atoms with Crippen molar-refractivity contribution >= 4 is 40.7 Å². The first-order chi connectivity index (χ1) is 11.1. The molecule has 0 spiro atoms. The Bertz CT molecular complexity index is 673. The third kappa shape index (κ3) is 6.27. The van der Waals surface area contributed by atoms with Crippen molar-refractivity contribution in [3.63, 3.8) is 0 Å². The lowest BCUT2D eigenvalue weighted by Crippen LogP contribution is -2.21. The van der Waals surface area contributed by atoms with E-state index in [2.05, 4.69) is 27.8 Å². The van der Waals surface area contributed by atoms with Crippen LogP contribution >= 0.6 is 23.7 Å². The van der Waals surface area contributed by atoms with Crippen LogP contribution < -0.4 is 16.4 Å². The van der Waals surface area contributed by atoms with Gasteiger partial charge in [-0.05, 0) is 18.4 Å². The predicted molar refractivity (Wildman–Crippen MR) is 99.5 cm³/mol. The van der Waals surface area contributed by atoms with Gasteiger partial charge in [-0.15, -0.1) is 23.7 Å². The van der Waals surface area contributed by atoms with Crippen LogP contribution in [0.5, 0.6) is 0 Å². The van der Waals surface area contributed by atoms with Gasteiger partial charge in [0.1, 0.15) is 0 Å². The van der Waals surface area contributed by atoms with E-state index in [-0.39, 0.29) is 30.8 Å². The lowest BCUT2D eigenvalue weighted by molar-refractivity contribution is -0.119. The number of thiazole rings is 1. The minimum atomic E-state index is -0.250. The second-order valence-electron chi connectivity index (χ2n) is 5.07. The third-order valence-corrected chi connectivity index (χ3v) is 3.96. The smallest absolute Gasteiger partial charge is 0.239 e. The highest BCUT2D eigenvalue weighted by Crippen LogP contribution is 2.25. The number of nitrogens with two attached hydrogens (primary N) is 1. The first-order valence-electron chi connectivity index (χ1n) is 7.37. The number of aromatic nitrogens is 1. The van der Waals surface area contributed by atoms with Crippen molar-refractivity contribution in [2.24, 2.45) is 5.73 Å². The van der Waals surface area contributed by atoms with Crippen molar-refractivity contribution in [3.05, 3.63) is 35.2 Å². The minimum absolute atomic E-state index is 0. The summed E-state index contributed by atoms with van der Waals surface area (Å²) < 4.78 is 0. The fourth-order valence-corrected chi connectivity index (χ4v) is 2.77. The molecule has 0 unspecified atom stereocenters. The molecule has 24 heavy (non-hydrogen) atoms. The van der Waals surface area contributed by atoms with E-state index in [0.717, 1.165) is 24.1 Å². The molecule has 8 heteroatoms. The number of halogens is 1. The van der Waals surface area contributed by atoms with E-state index in [1.165, 1.54) is 23.8 Å². The minimum Gasteiger partial charge on any atom is -0.356 e. The molecular formula is C16H21ClN4O2S. The predicted octanol–water partition coefficient (Wildman–Crippen LogP) is 2.20. The van der Waals surface area contributed by atoms with Gasteiger partial charge in [0.05, 0.1) is 12.2 Å². The molecule has 2 amide bonds. The summed E-state index contributed by atoms with van der Waals surface area (Å²) in [5.41, 5.74) is 8.30. The molecular weight excluding hydrogens is 348 g/mol. The van der Waals surface area contributed by atoms with Gasteiger partial charge in [0.2, 0.25) is 11.8 Å². The molecule has 1 aromatic heterocycles. The van der Waals surface area contributed by atoms with E-state index in [1.807, 2.05) is 17.5 Å². The van der Waals surface area contributed by atoms with Crippen LogP contribution in [-0.4, -0.2) is 29.9 Å². The summed E-state index contributed by atoms with van der Waals surface area (Å²) in [6, 6.07) is 8.13. The summed E-state index contributed by atoms with van der Waals surface area (Å²) >= 11 is 1.37. The van der Waals surface area contributed by atoms with Crippen LogP contribution in [0.1, 0.15) is 18.9 Å². The highest BCUT2D eigenvalue weighted by Gasteiger charge is 2.07. The maximum Gasteiger partial charge on any atom is 0.239 e. The molecule has 1 aromatic carbocycles. The van der Waals surface area contributed by atoms with Gasteiger partial charge in [-0.2, -0.15) is 0 Å². The second kappa shape index (κ2) is 10.0. The van der Waals surface area contributed by atoms with Gasteiger partial charge < -0.3 is 16.4 Å². The quantitative estimate of drug-likeness (QED) is 0.652. The number of nitrogens with one attached hydrogen (secondary N) is 2. The molecule has 130 valence electrons. The van der Waals surface area contributed by atoms with Crippen LogP contribution in [0.2, 0.25) is 0 Å². The van der Waals surface area contributed by atoms with Crippen molar-refractivity contribution in [3.8, 4) is 11.3 Å². The van der Waals surface area contributed by atoms with Gasteiger partial charge >= 0.3 is 0 Å². The fraction of sp³-hybridized carbons (Fsp3) is 0.312. The molecule has 4 N–H and O–H groups in total. The average Bonchev–Trinajstić information content (AvgIpc) is 3.00. The Morgan fingerprint density at radius 3 is 2.58 bits per heavy atom. The van der Waals surface area contributed by atoms with Gasteiger partial charge in [-0.1, -0.05) is 24.3 Å². The van der Waals surface area contributed by atoms with Crippen LogP contribution in [0.4, 0.5) is 5.13 Å². The maximum atomic E-state index is 11.2. The third-order valence-electron chi connectivity index (χ3n) is 3.20. The van der Waals surface area contributed by atoms with Gasteiger partial charge in [-0.3, -0.25) is 9.59 Å². The molecule has 0 aliphatic rings. The molecule has 0 atom stereocenters. The number of aryl methyl sites for hydroxylation is 1. The molecule has 0 saturated heterocycles. The molecule has 2 aromatic rings. The molecule has 0 fully saturated rings. The van der Waals surface area contributed by atoms with Crippen molar-refractivity contribution in [2.45, 2.75) is 19.8 Å². The lowest BCUT2D eigenvalue weighted by atomic mass is 10.1. The van der Waals surface area contributed by atoms with Gasteiger partial charge in [0, 0.05) is 24.4 Å². The number of amides is 2. The lowest BCUT2D eigenvalue weighted by Gasteiger charge is -2.04. The van der Waals surface area contributed by atoms with Gasteiger partial charge in [0.15, 0.2) is 5.13 Å². The number of nitrogens with zero attached hydrogens (tertiary/aromatic N) is 1. The normalized spacial score (nSPS) is 9.92. The molecule has 1 heterocycles. The topological polar surface area (TPSA) is 97.1 Å². The summed E-state index contributed by atoms with van der Waals surface area (Å²) in [4.78, 5) is 26.4. The van der Waals surface area contributed by atoms with Crippen LogP contribution in [0.3, 0.4) is 0 Å². The number of rotatable bonds is 7.